The minimum absolute atomic E-state index is 0.233. The van der Waals surface area contributed by atoms with Crippen molar-refractivity contribution in [3.05, 3.63) is 63.4 Å². The number of hydrogen-bond donors (Lipinski definition) is 1. The second-order valence-electron chi connectivity index (χ2n) is 6.16. The quantitative estimate of drug-likeness (QED) is 0.780. The monoisotopic (exact) mass is 391 g/mol. The Morgan fingerprint density at radius 1 is 1.29 bits per heavy atom. The van der Waals surface area contributed by atoms with Crippen LogP contribution in [0.4, 0.5) is 4.39 Å². The Morgan fingerprint density at radius 2 is 2.08 bits per heavy atom. The molecule has 2 aromatic rings. The molecule has 24 heavy (non-hydrogen) atoms. The summed E-state index contributed by atoms with van der Waals surface area (Å²) < 4.78 is 20.2. The van der Waals surface area contributed by atoms with Crippen molar-refractivity contribution in [1.82, 2.24) is 5.32 Å². The van der Waals surface area contributed by atoms with E-state index in [4.69, 9.17) is 4.74 Å². The Kier molecular flexibility index (Phi) is 5.19. The van der Waals surface area contributed by atoms with Crippen LogP contribution in [-0.4, -0.2) is 12.5 Å². The molecule has 0 unspecified atom stereocenters. The summed E-state index contributed by atoms with van der Waals surface area (Å²) in [5.74, 6) is 0.693. The minimum Gasteiger partial charge on any atom is -0.492 e. The molecule has 0 radical (unpaired) electrons. The first-order chi connectivity index (χ1) is 11.5. The van der Waals surface area contributed by atoms with E-state index in [9.17, 15) is 9.18 Å². The third-order valence-corrected chi connectivity index (χ3v) is 4.54. The summed E-state index contributed by atoms with van der Waals surface area (Å²) in [7, 11) is 0. The highest BCUT2D eigenvalue weighted by Crippen LogP contribution is 2.31. The number of carbonyl (C=O) groups excluding carboxylic acids is 1. The summed E-state index contributed by atoms with van der Waals surface area (Å²) in [5, 5.41) is 2.83. The zero-order chi connectivity index (χ0) is 17.1. The third-order valence-electron chi connectivity index (χ3n) is 4.05. The van der Waals surface area contributed by atoms with Gasteiger partial charge in [-0.1, -0.05) is 28.1 Å². The molecule has 3 rings (SSSR count). The van der Waals surface area contributed by atoms with Gasteiger partial charge in [-0.15, -0.1) is 0 Å². The molecule has 0 aromatic heterocycles. The number of ether oxygens (including phenoxy) is 1. The van der Waals surface area contributed by atoms with E-state index >= 15 is 0 Å². The largest absolute Gasteiger partial charge is 0.492 e. The lowest BCUT2D eigenvalue weighted by molar-refractivity contribution is 0.0946. The van der Waals surface area contributed by atoms with E-state index in [1.54, 1.807) is 25.1 Å². The van der Waals surface area contributed by atoms with Crippen LogP contribution < -0.4 is 10.1 Å². The zero-order valence-electron chi connectivity index (χ0n) is 13.4. The smallest absolute Gasteiger partial charge is 0.255 e. The lowest BCUT2D eigenvalue weighted by Crippen LogP contribution is -2.23. The van der Waals surface area contributed by atoms with Crippen LogP contribution in [0.5, 0.6) is 5.75 Å². The van der Waals surface area contributed by atoms with Crippen LogP contribution in [-0.2, 0) is 6.54 Å². The molecule has 5 heteroatoms. The van der Waals surface area contributed by atoms with Crippen LogP contribution in [0.1, 0.15) is 34.3 Å². The highest BCUT2D eigenvalue weighted by molar-refractivity contribution is 9.10. The van der Waals surface area contributed by atoms with Gasteiger partial charge in [-0.25, -0.2) is 4.39 Å². The van der Waals surface area contributed by atoms with E-state index in [0.717, 1.165) is 10.0 Å². The van der Waals surface area contributed by atoms with Crippen molar-refractivity contribution in [2.45, 2.75) is 26.3 Å². The number of nitrogens with one attached hydrogen (secondary N) is 1. The Balaban J connectivity index is 1.68. The van der Waals surface area contributed by atoms with Gasteiger partial charge in [0, 0.05) is 11.0 Å². The van der Waals surface area contributed by atoms with Gasteiger partial charge in [0.2, 0.25) is 0 Å². The minimum atomic E-state index is -0.266. The SMILES string of the molecule is Cc1ccc(CNC(=O)c2cc(Br)ccc2OCC2CC2)cc1F. The number of benzene rings is 2. The molecule has 0 spiro atoms. The molecule has 1 aliphatic carbocycles. The molecule has 0 atom stereocenters. The second kappa shape index (κ2) is 7.34. The van der Waals surface area contributed by atoms with Crippen molar-refractivity contribution >= 4 is 21.8 Å². The van der Waals surface area contributed by atoms with Gasteiger partial charge in [0.1, 0.15) is 11.6 Å². The summed E-state index contributed by atoms with van der Waals surface area (Å²) >= 11 is 3.39. The Labute approximate surface area is 149 Å². The van der Waals surface area contributed by atoms with Crippen molar-refractivity contribution in [2.75, 3.05) is 6.61 Å². The second-order valence-corrected chi connectivity index (χ2v) is 7.08. The summed E-state index contributed by atoms with van der Waals surface area (Å²) in [4.78, 5) is 12.5. The van der Waals surface area contributed by atoms with Crippen molar-refractivity contribution in [3.63, 3.8) is 0 Å². The third kappa shape index (κ3) is 4.35. The van der Waals surface area contributed by atoms with Crippen LogP contribution in [0, 0.1) is 18.7 Å². The molecule has 1 saturated carbocycles. The van der Waals surface area contributed by atoms with Gasteiger partial charge < -0.3 is 10.1 Å². The fourth-order valence-electron chi connectivity index (χ4n) is 2.32. The topological polar surface area (TPSA) is 38.3 Å². The molecule has 1 amide bonds. The van der Waals surface area contributed by atoms with Crippen molar-refractivity contribution in [1.29, 1.82) is 0 Å². The Bertz CT molecular complexity index is 759. The average Bonchev–Trinajstić information content (AvgIpc) is 3.39. The van der Waals surface area contributed by atoms with Crippen LogP contribution in [0.25, 0.3) is 0 Å². The van der Waals surface area contributed by atoms with Crippen LogP contribution in [0.2, 0.25) is 0 Å². The van der Waals surface area contributed by atoms with Gasteiger partial charge in [-0.2, -0.15) is 0 Å². The first-order valence-corrected chi connectivity index (χ1v) is 8.78. The molecule has 0 bridgehead atoms. The fourth-order valence-corrected chi connectivity index (χ4v) is 2.68. The summed E-state index contributed by atoms with van der Waals surface area (Å²) in [6.45, 7) is 2.62. The number of aryl methyl sites for hydroxylation is 1. The molecule has 126 valence electrons. The molecule has 0 heterocycles. The van der Waals surface area contributed by atoms with Crippen molar-refractivity contribution < 1.29 is 13.9 Å². The van der Waals surface area contributed by atoms with Gasteiger partial charge in [0.05, 0.1) is 12.2 Å². The fraction of sp³-hybridized carbons (Fsp3) is 0.316. The van der Waals surface area contributed by atoms with E-state index in [1.165, 1.54) is 18.9 Å². The van der Waals surface area contributed by atoms with Gasteiger partial charge in [0.15, 0.2) is 0 Å². The first kappa shape index (κ1) is 17.0. The maximum Gasteiger partial charge on any atom is 0.255 e. The van der Waals surface area contributed by atoms with E-state index in [1.807, 2.05) is 12.1 Å². The highest BCUT2D eigenvalue weighted by Gasteiger charge is 2.23. The van der Waals surface area contributed by atoms with Gasteiger partial charge in [-0.05, 0) is 61.1 Å². The number of hydrogen-bond acceptors (Lipinski definition) is 2. The van der Waals surface area contributed by atoms with E-state index in [2.05, 4.69) is 21.2 Å². The molecule has 3 nitrogen and oxygen atoms in total. The standard InChI is InChI=1S/C19H19BrFNO2/c1-12-2-3-14(8-17(12)21)10-22-19(23)16-9-15(20)6-7-18(16)24-11-13-4-5-13/h2-3,6-9,13H,4-5,10-11H2,1H3,(H,22,23). The molecule has 1 aliphatic rings. The lowest BCUT2D eigenvalue weighted by atomic mass is 10.1. The van der Waals surface area contributed by atoms with Crippen molar-refractivity contribution in [2.24, 2.45) is 5.92 Å². The number of halogens is 2. The number of amides is 1. The summed E-state index contributed by atoms with van der Waals surface area (Å²) in [5.41, 5.74) is 1.80. The molecule has 2 aromatic carbocycles. The van der Waals surface area contributed by atoms with Gasteiger partial charge >= 0.3 is 0 Å². The number of carbonyl (C=O) groups is 1. The summed E-state index contributed by atoms with van der Waals surface area (Å²) in [6, 6.07) is 10.4. The predicted molar refractivity (Wildman–Crippen MR) is 94.7 cm³/mol. The Morgan fingerprint density at radius 3 is 2.79 bits per heavy atom. The molecular formula is C19H19BrFNO2. The predicted octanol–water partition coefficient (Wildman–Crippen LogP) is 4.62. The normalized spacial score (nSPS) is 13.6. The van der Waals surface area contributed by atoms with E-state index in [0.29, 0.717) is 29.4 Å². The van der Waals surface area contributed by atoms with Crippen LogP contribution in [0.3, 0.4) is 0 Å². The van der Waals surface area contributed by atoms with E-state index < -0.39 is 0 Å². The number of rotatable bonds is 6. The van der Waals surface area contributed by atoms with Crippen molar-refractivity contribution in [3.8, 4) is 5.75 Å². The zero-order valence-corrected chi connectivity index (χ0v) is 15.0. The lowest BCUT2D eigenvalue weighted by Gasteiger charge is -2.12. The first-order valence-electron chi connectivity index (χ1n) is 7.98. The average molecular weight is 392 g/mol. The maximum absolute atomic E-state index is 13.6. The molecular weight excluding hydrogens is 373 g/mol. The maximum atomic E-state index is 13.6. The van der Waals surface area contributed by atoms with Crippen LogP contribution >= 0.6 is 15.9 Å². The van der Waals surface area contributed by atoms with Gasteiger partial charge in [0.25, 0.3) is 5.91 Å². The molecule has 1 fully saturated rings. The Hall–Kier alpha value is -1.88. The molecule has 0 aliphatic heterocycles. The summed E-state index contributed by atoms with van der Waals surface area (Å²) in [6.07, 6.45) is 2.38. The highest BCUT2D eigenvalue weighted by atomic mass is 79.9. The van der Waals surface area contributed by atoms with Gasteiger partial charge in [-0.3, -0.25) is 4.79 Å². The van der Waals surface area contributed by atoms with Crippen LogP contribution in [0.15, 0.2) is 40.9 Å². The molecule has 1 N–H and O–H groups in total. The van der Waals surface area contributed by atoms with E-state index in [-0.39, 0.29) is 18.3 Å². The molecule has 0 saturated heterocycles.